The molecular weight excluding hydrogens is 258 g/mol. The van der Waals surface area contributed by atoms with Crippen LogP contribution in [0.15, 0.2) is 22.7 Å². The summed E-state index contributed by atoms with van der Waals surface area (Å²) in [5, 5.41) is 12.0. The molecule has 0 amide bonds. The summed E-state index contributed by atoms with van der Waals surface area (Å²) < 4.78 is 1.01. The average Bonchev–Trinajstić information content (AvgIpc) is 2.18. The van der Waals surface area contributed by atoms with E-state index in [1.807, 2.05) is 12.1 Å². The lowest BCUT2D eigenvalue weighted by molar-refractivity contribution is -0.137. The van der Waals surface area contributed by atoms with E-state index in [0.717, 1.165) is 23.0 Å². The van der Waals surface area contributed by atoms with E-state index in [9.17, 15) is 4.79 Å². The molecule has 0 aliphatic carbocycles. The Balaban J connectivity index is 2.18. The molecule has 1 aliphatic heterocycles. The van der Waals surface area contributed by atoms with Gasteiger partial charge in [0.25, 0.3) is 0 Å². The normalized spacial score (nSPS) is 19.1. The molecule has 0 fully saturated rings. The Morgan fingerprint density at radius 3 is 3.13 bits per heavy atom. The molecule has 1 atom stereocenters. The summed E-state index contributed by atoms with van der Waals surface area (Å²) in [5.41, 5.74) is 2.31. The Hall–Kier alpha value is -1.03. The molecule has 15 heavy (non-hydrogen) atoms. The largest absolute Gasteiger partial charge is 0.481 e. The molecule has 0 spiro atoms. The summed E-state index contributed by atoms with van der Waals surface area (Å²) in [5.74, 6) is -0.747. The van der Waals surface area contributed by atoms with Gasteiger partial charge in [-0.25, -0.2) is 0 Å². The Kier molecular flexibility index (Phi) is 2.95. The molecule has 80 valence electrons. The molecule has 1 aromatic rings. The molecule has 0 saturated heterocycles. The lowest BCUT2D eigenvalue weighted by atomic mass is 9.96. The topological polar surface area (TPSA) is 49.3 Å². The number of hydrogen-bond acceptors (Lipinski definition) is 2. The van der Waals surface area contributed by atoms with E-state index in [1.54, 1.807) is 0 Å². The predicted octanol–water partition coefficient (Wildman–Crippen LogP) is 2.65. The number of para-hydroxylation sites is 1. The number of nitrogens with one attached hydrogen (secondary N) is 1. The van der Waals surface area contributed by atoms with Crippen LogP contribution in [0.1, 0.15) is 18.4 Å². The third-order valence-corrected chi connectivity index (χ3v) is 3.29. The molecular formula is C11H12BrNO2. The zero-order valence-corrected chi connectivity index (χ0v) is 9.75. The van der Waals surface area contributed by atoms with Gasteiger partial charge in [-0.1, -0.05) is 12.1 Å². The smallest absolute Gasteiger partial charge is 0.305 e. The maximum Gasteiger partial charge on any atom is 0.305 e. The van der Waals surface area contributed by atoms with Crippen LogP contribution in [0.4, 0.5) is 5.69 Å². The molecule has 2 rings (SSSR count). The number of hydrogen-bond donors (Lipinski definition) is 2. The number of aliphatic carboxylic acids is 1. The van der Waals surface area contributed by atoms with Crippen molar-refractivity contribution in [1.29, 1.82) is 0 Å². The highest BCUT2D eigenvalue weighted by molar-refractivity contribution is 9.10. The number of carboxylic acid groups (broad SMARTS) is 1. The van der Waals surface area contributed by atoms with E-state index >= 15 is 0 Å². The van der Waals surface area contributed by atoms with Crippen molar-refractivity contribution in [1.82, 2.24) is 0 Å². The Labute approximate surface area is 96.6 Å². The molecule has 0 bridgehead atoms. The first kappa shape index (κ1) is 10.5. The van der Waals surface area contributed by atoms with Crippen LogP contribution in [-0.2, 0) is 11.2 Å². The van der Waals surface area contributed by atoms with Gasteiger partial charge in [0, 0.05) is 10.5 Å². The van der Waals surface area contributed by atoms with Crippen LogP contribution < -0.4 is 5.32 Å². The monoisotopic (exact) mass is 269 g/mol. The van der Waals surface area contributed by atoms with Gasteiger partial charge in [-0.2, -0.15) is 0 Å². The number of rotatable bonds is 2. The first-order valence-electron chi connectivity index (χ1n) is 4.92. The predicted molar refractivity (Wildman–Crippen MR) is 62.1 cm³/mol. The Morgan fingerprint density at radius 1 is 1.60 bits per heavy atom. The summed E-state index contributed by atoms with van der Waals surface area (Å²) in [7, 11) is 0. The van der Waals surface area contributed by atoms with E-state index in [1.165, 1.54) is 5.56 Å². The molecule has 0 aromatic heterocycles. The highest BCUT2D eigenvalue weighted by atomic mass is 79.9. The second-order valence-corrected chi connectivity index (χ2v) is 4.61. The van der Waals surface area contributed by atoms with Gasteiger partial charge in [0.2, 0.25) is 0 Å². The summed E-state index contributed by atoms with van der Waals surface area (Å²) in [6.07, 6.45) is 2.01. The second kappa shape index (κ2) is 4.23. The van der Waals surface area contributed by atoms with Crippen molar-refractivity contribution in [3.05, 3.63) is 28.2 Å². The number of fused-ring (bicyclic) bond motifs is 1. The van der Waals surface area contributed by atoms with Crippen LogP contribution in [-0.4, -0.2) is 17.1 Å². The molecule has 1 aromatic carbocycles. The van der Waals surface area contributed by atoms with Crippen molar-refractivity contribution in [3.63, 3.8) is 0 Å². The number of aryl methyl sites for hydroxylation is 1. The minimum absolute atomic E-state index is 0.0497. The lowest BCUT2D eigenvalue weighted by Gasteiger charge is -2.26. The van der Waals surface area contributed by atoms with Crippen molar-refractivity contribution in [2.75, 3.05) is 5.32 Å². The van der Waals surface area contributed by atoms with Crippen LogP contribution in [0.5, 0.6) is 0 Å². The summed E-state index contributed by atoms with van der Waals surface area (Å²) in [4.78, 5) is 10.6. The summed E-state index contributed by atoms with van der Waals surface area (Å²) in [6, 6.07) is 6.09. The van der Waals surface area contributed by atoms with Gasteiger partial charge >= 0.3 is 5.97 Å². The zero-order chi connectivity index (χ0) is 10.8. The van der Waals surface area contributed by atoms with Crippen LogP contribution in [0.3, 0.4) is 0 Å². The first-order chi connectivity index (χ1) is 7.16. The maximum atomic E-state index is 10.6. The third kappa shape index (κ3) is 2.31. The van der Waals surface area contributed by atoms with E-state index in [0.29, 0.717) is 0 Å². The Bertz CT molecular complexity index is 392. The van der Waals surface area contributed by atoms with Gasteiger partial charge in [0.1, 0.15) is 0 Å². The van der Waals surface area contributed by atoms with Crippen molar-refractivity contribution in [2.45, 2.75) is 25.3 Å². The van der Waals surface area contributed by atoms with Gasteiger partial charge in [-0.15, -0.1) is 0 Å². The fourth-order valence-corrected chi connectivity index (χ4v) is 2.43. The zero-order valence-electron chi connectivity index (χ0n) is 8.16. The minimum atomic E-state index is -0.747. The number of carbonyl (C=O) groups is 1. The number of halogens is 1. The van der Waals surface area contributed by atoms with Crippen LogP contribution in [0.25, 0.3) is 0 Å². The van der Waals surface area contributed by atoms with E-state index in [4.69, 9.17) is 5.11 Å². The molecule has 1 aliphatic rings. The second-order valence-electron chi connectivity index (χ2n) is 3.75. The SMILES string of the molecule is O=C(O)CC1CCc2cccc(Br)c2N1. The standard InChI is InChI=1S/C11H12BrNO2/c12-9-3-1-2-7-4-5-8(6-10(14)15)13-11(7)9/h1-3,8,13H,4-6H2,(H,14,15). The summed E-state index contributed by atoms with van der Waals surface area (Å²) >= 11 is 3.47. The van der Waals surface area contributed by atoms with Crippen molar-refractivity contribution < 1.29 is 9.90 Å². The van der Waals surface area contributed by atoms with E-state index in [-0.39, 0.29) is 12.5 Å². The van der Waals surface area contributed by atoms with Crippen molar-refractivity contribution in [2.24, 2.45) is 0 Å². The maximum absolute atomic E-state index is 10.6. The lowest BCUT2D eigenvalue weighted by Crippen LogP contribution is -2.28. The number of carboxylic acids is 1. The molecule has 3 nitrogen and oxygen atoms in total. The van der Waals surface area contributed by atoms with Gasteiger partial charge < -0.3 is 10.4 Å². The van der Waals surface area contributed by atoms with Gasteiger partial charge in [-0.3, -0.25) is 4.79 Å². The molecule has 4 heteroatoms. The van der Waals surface area contributed by atoms with E-state index < -0.39 is 5.97 Å². The molecule has 2 N–H and O–H groups in total. The quantitative estimate of drug-likeness (QED) is 0.868. The third-order valence-electron chi connectivity index (χ3n) is 2.63. The molecule has 1 heterocycles. The average molecular weight is 270 g/mol. The molecule has 0 radical (unpaired) electrons. The van der Waals surface area contributed by atoms with Crippen LogP contribution in [0, 0.1) is 0 Å². The molecule has 0 saturated carbocycles. The van der Waals surface area contributed by atoms with Gasteiger partial charge in [0.15, 0.2) is 0 Å². The Morgan fingerprint density at radius 2 is 2.40 bits per heavy atom. The minimum Gasteiger partial charge on any atom is -0.481 e. The highest BCUT2D eigenvalue weighted by Crippen LogP contribution is 2.32. The summed E-state index contributed by atoms with van der Waals surface area (Å²) in [6.45, 7) is 0. The fourth-order valence-electron chi connectivity index (χ4n) is 1.91. The van der Waals surface area contributed by atoms with E-state index in [2.05, 4.69) is 27.3 Å². The fraction of sp³-hybridized carbons (Fsp3) is 0.364. The van der Waals surface area contributed by atoms with Crippen LogP contribution in [0.2, 0.25) is 0 Å². The number of anilines is 1. The van der Waals surface area contributed by atoms with Gasteiger partial charge in [-0.05, 0) is 40.4 Å². The first-order valence-corrected chi connectivity index (χ1v) is 5.72. The molecule has 1 unspecified atom stereocenters. The van der Waals surface area contributed by atoms with Crippen molar-refractivity contribution in [3.8, 4) is 0 Å². The van der Waals surface area contributed by atoms with Gasteiger partial charge in [0.05, 0.1) is 12.1 Å². The number of benzene rings is 1. The van der Waals surface area contributed by atoms with Crippen molar-refractivity contribution >= 4 is 27.6 Å². The highest BCUT2D eigenvalue weighted by Gasteiger charge is 2.21. The van der Waals surface area contributed by atoms with Crippen LogP contribution >= 0.6 is 15.9 Å².